The van der Waals surface area contributed by atoms with E-state index in [2.05, 4.69) is 6.92 Å². The fourth-order valence-electron chi connectivity index (χ4n) is 3.43. The van der Waals surface area contributed by atoms with Gasteiger partial charge in [-0.15, -0.1) is 0 Å². The molecular formula is C26H25ClN2O2S. The van der Waals surface area contributed by atoms with Crippen molar-refractivity contribution in [2.45, 2.75) is 32.7 Å². The first-order valence-electron chi connectivity index (χ1n) is 10.8. The van der Waals surface area contributed by atoms with Crippen LogP contribution >= 0.6 is 22.9 Å². The van der Waals surface area contributed by atoms with Crippen molar-refractivity contribution in [1.29, 1.82) is 0 Å². The Kier molecular flexibility index (Phi) is 7.40. The lowest BCUT2D eigenvalue weighted by Gasteiger charge is -2.20. The van der Waals surface area contributed by atoms with Crippen LogP contribution in [-0.4, -0.2) is 17.5 Å². The first kappa shape index (κ1) is 22.3. The van der Waals surface area contributed by atoms with E-state index < -0.39 is 0 Å². The highest BCUT2D eigenvalue weighted by Crippen LogP contribution is 2.34. The van der Waals surface area contributed by atoms with Gasteiger partial charge in [-0.05, 0) is 42.3 Å². The Morgan fingerprint density at radius 3 is 2.62 bits per heavy atom. The largest absolute Gasteiger partial charge is 0.494 e. The van der Waals surface area contributed by atoms with Gasteiger partial charge in [-0.2, -0.15) is 0 Å². The number of unbranched alkanes of at least 4 members (excludes halogenated alkanes) is 2. The average Bonchev–Trinajstić information content (AvgIpc) is 3.26. The molecule has 4 nitrogen and oxygen atoms in total. The summed E-state index contributed by atoms with van der Waals surface area (Å²) in [5, 5.41) is 1.20. The molecule has 6 heteroatoms. The molecule has 0 bridgehead atoms. The van der Waals surface area contributed by atoms with Gasteiger partial charge in [0.25, 0.3) is 5.91 Å². The van der Waals surface area contributed by atoms with Crippen molar-refractivity contribution in [3.63, 3.8) is 0 Å². The standard InChI is InChI=1S/C26H25ClN2O2S/c1-2-3-7-16-31-21-13-8-12-20(17-21)25(30)29(18-19-10-5-4-6-11-19)26-28-24-22(27)14-9-15-23(24)32-26/h4-6,8-15,17H,2-3,7,16,18H2,1H3. The molecule has 3 aromatic carbocycles. The van der Waals surface area contributed by atoms with Gasteiger partial charge in [0, 0.05) is 5.56 Å². The summed E-state index contributed by atoms with van der Waals surface area (Å²) in [5.41, 5.74) is 2.31. The molecule has 0 N–H and O–H groups in total. The highest BCUT2D eigenvalue weighted by Gasteiger charge is 2.22. The van der Waals surface area contributed by atoms with Gasteiger partial charge < -0.3 is 4.74 Å². The van der Waals surface area contributed by atoms with E-state index in [1.165, 1.54) is 11.3 Å². The number of anilines is 1. The van der Waals surface area contributed by atoms with Crippen LogP contribution in [0.25, 0.3) is 10.2 Å². The van der Waals surface area contributed by atoms with Gasteiger partial charge in [0.15, 0.2) is 5.13 Å². The van der Waals surface area contributed by atoms with Gasteiger partial charge in [-0.1, -0.05) is 85.2 Å². The first-order chi connectivity index (χ1) is 15.7. The fourth-order valence-corrected chi connectivity index (χ4v) is 4.69. The molecule has 4 aromatic rings. The number of halogens is 1. The summed E-state index contributed by atoms with van der Waals surface area (Å²) in [5.74, 6) is 0.585. The number of rotatable bonds is 9. The molecule has 1 amide bonds. The van der Waals surface area contributed by atoms with E-state index >= 15 is 0 Å². The van der Waals surface area contributed by atoms with Crippen LogP contribution in [0.4, 0.5) is 5.13 Å². The average molecular weight is 465 g/mol. The number of para-hydroxylation sites is 1. The van der Waals surface area contributed by atoms with E-state index in [1.807, 2.05) is 72.8 Å². The van der Waals surface area contributed by atoms with Crippen LogP contribution in [0.1, 0.15) is 42.1 Å². The minimum absolute atomic E-state index is 0.122. The lowest BCUT2D eigenvalue weighted by molar-refractivity contribution is 0.0984. The quantitative estimate of drug-likeness (QED) is 0.243. The number of ether oxygens (including phenoxy) is 1. The smallest absolute Gasteiger partial charge is 0.260 e. The molecule has 1 heterocycles. The van der Waals surface area contributed by atoms with Crippen molar-refractivity contribution >= 4 is 44.2 Å². The topological polar surface area (TPSA) is 42.4 Å². The molecule has 0 aliphatic carbocycles. The maximum Gasteiger partial charge on any atom is 0.260 e. The predicted molar refractivity (Wildman–Crippen MR) is 133 cm³/mol. The van der Waals surface area contributed by atoms with E-state index in [0.29, 0.717) is 40.1 Å². The summed E-state index contributed by atoms with van der Waals surface area (Å²) in [6.45, 7) is 3.23. The van der Waals surface area contributed by atoms with Gasteiger partial charge >= 0.3 is 0 Å². The number of fused-ring (bicyclic) bond motifs is 1. The zero-order valence-electron chi connectivity index (χ0n) is 18.0. The fraction of sp³-hybridized carbons (Fsp3) is 0.231. The van der Waals surface area contributed by atoms with Gasteiger partial charge in [-0.25, -0.2) is 4.98 Å². The number of nitrogens with zero attached hydrogens (tertiary/aromatic N) is 2. The summed E-state index contributed by atoms with van der Waals surface area (Å²) in [6, 6.07) is 23.0. The van der Waals surface area contributed by atoms with Crippen LogP contribution in [0, 0.1) is 0 Å². The number of benzene rings is 3. The highest BCUT2D eigenvalue weighted by molar-refractivity contribution is 7.22. The van der Waals surface area contributed by atoms with Crippen molar-refractivity contribution in [1.82, 2.24) is 4.98 Å². The van der Waals surface area contributed by atoms with Crippen molar-refractivity contribution in [2.24, 2.45) is 0 Å². The third-order valence-electron chi connectivity index (χ3n) is 5.12. The predicted octanol–water partition coefficient (Wildman–Crippen LogP) is 7.37. The Hall–Kier alpha value is -2.89. The SMILES string of the molecule is CCCCCOc1cccc(C(=O)N(Cc2ccccc2)c2nc3c(Cl)cccc3s2)c1. The number of hydrogen-bond acceptors (Lipinski definition) is 4. The van der Waals surface area contributed by atoms with Crippen LogP contribution < -0.4 is 9.64 Å². The minimum Gasteiger partial charge on any atom is -0.494 e. The molecule has 4 rings (SSSR count). The van der Waals surface area contributed by atoms with E-state index in [4.69, 9.17) is 21.3 Å². The summed E-state index contributed by atoms with van der Waals surface area (Å²) in [7, 11) is 0. The Labute approximate surface area is 197 Å². The third-order valence-corrected chi connectivity index (χ3v) is 6.46. The Balaban J connectivity index is 1.65. The lowest BCUT2D eigenvalue weighted by Crippen LogP contribution is -2.30. The van der Waals surface area contributed by atoms with Gasteiger partial charge in [-0.3, -0.25) is 9.69 Å². The Morgan fingerprint density at radius 1 is 1.03 bits per heavy atom. The molecule has 0 radical (unpaired) electrons. The molecular weight excluding hydrogens is 440 g/mol. The van der Waals surface area contributed by atoms with Gasteiger partial charge in [0.05, 0.1) is 22.9 Å². The maximum atomic E-state index is 13.6. The molecule has 0 saturated heterocycles. The van der Waals surface area contributed by atoms with Crippen LogP contribution in [-0.2, 0) is 6.54 Å². The molecule has 0 spiro atoms. The van der Waals surface area contributed by atoms with E-state index in [1.54, 1.807) is 4.90 Å². The minimum atomic E-state index is -0.122. The summed E-state index contributed by atoms with van der Waals surface area (Å²) in [4.78, 5) is 20.1. The number of carbonyl (C=O) groups excluding carboxylic acids is 1. The second kappa shape index (κ2) is 10.6. The molecule has 164 valence electrons. The van der Waals surface area contributed by atoms with Gasteiger partial charge in [0.2, 0.25) is 0 Å². The van der Waals surface area contributed by atoms with E-state index in [9.17, 15) is 4.79 Å². The number of aromatic nitrogens is 1. The van der Waals surface area contributed by atoms with Crippen molar-refractivity contribution < 1.29 is 9.53 Å². The van der Waals surface area contributed by atoms with Crippen molar-refractivity contribution in [3.8, 4) is 5.75 Å². The maximum absolute atomic E-state index is 13.6. The molecule has 0 aliphatic rings. The van der Waals surface area contributed by atoms with Crippen LogP contribution in [0.5, 0.6) is 5.75 Å². The zero-order valence-corrected chi connectivity index (χ0v) is 19.5. The van der Waals surface area contributed by atoms with Gasteiger partial charge in [0.1, 0.15) is 11.3 Å². The van der Waals surface area contributed by atoms with E-state index in [0.717, 1.165) is 29.5 Å². The van der Waals surface area contributed by atoms with Crippen LogP contribution in [0.15, 0.2) is 72.8 Å². The normalized spacial score (nSPS) is 10.9. The van der Waals surface area contributed by atoms with Crippen LogP contribution in [0.3, 0.4) is 0 Å². The number of hydrogen-bond donors (Lipinski definition) is 0. The summed E-state index contributed by atoms with van der Waals surface area (Å²) < 4.78 is 6.82. The Bertz CT molecular complexity index is 1190. The molecule has 0 aliphatic heterocycles. The number of thiazole rings is 1. The van der Waals surface area contributed by atoms with Crippen molar-refractivity contribution in [3.05, 3.63) is 88.9 Å². The van der Waals surface area contributed by atoms with Crippen LogP contribution in [0.2, 0.25) is 5.02 Å². The molecule has 0 fully saturated rings. The molecule has 1 aromatic heterocycles. The van der Waals surface area contributed by atoms with Crippen molar-refractivity contribution in [2.75, 3.05) is 11.5 Å². The third kappa shape index (κ3) is 5.29. The second-order valence-electron chi connectivity index (χ2n) is 7.54. The van der Waals surface area contributed by atoms with E-state index in [-0.39, 0.29) is 5.91 Å². The lowest BCUT2D eigenvalue weighted by atomic mass is 10.1. The summed E-state index contributed by atoms with van der Waals surface area (Å²) >= 11 is 7.81. The molecule has 0 unspecified atom stereocenters. The number of carbonyl (C=O) groups is 1. The number of amides is 1. The first-order valence-corrected chi connectivity index (χ1v) is 12.0. The summed E-state index contributed by atoms with van der Waals surface area (Å²) in [6.07, 6.45) is 3.27. The Morgan fingerprint density at radius 2 is 1.84 bits per heavy atom. The molecule has 32 heavy (non-hydrogen) atoms. The second-order valence-corrected chi connectivity index (χ2v) is 8.96. The molecule has 0 saturated carbocycles. The highest BCUT2D eigenvalue weighted by atomic mass is 35.5. The monoisotopic (exact) mass is 464 g/mol. The zero-order chi connectivity index (χ0) is 22.3. The molecule has 0 atom stereocenters.